The third-order valence-electron chi connectivity index (χ3n) is 3.74. The number of aromatic nitrogens is 1. The Hall–Kier alpha value is -2.37. The number of halogens is 1. The third kappa shape index (κ3) is 4.18. The van der Waals surface area contributed by atoms with Crippen LogP contribution in [-0.2, 0) is 6.42 Å². The predicted molar refractivity (Wildman–Crippen MR) is 102 cm³/mol. The molecule has 3 aromatic rings. The number of methoxy groups -OCH3 is 1. The smallest absolute Gasteiger partial charge is 0.261 e. The zero-order chi connectivity index (χ0) is 17.8. The highest BCUT2D eigenvalue weighted by Gasteiger charge is 2.15. The lowest BCUT2D eigenvalue weighted by Gasteiger charge is -2.06. The number of rotatable bonds is 5. The Morgan fingerprint density at radius 2 is 1.92 bits per heavy atom. The molecule has 3 rings (SSSR count). The second-order valence-corrected chi connectivity index (χ2v) is 7.01. The maximum atomic E-state index is 12.5. The van der Waals surface area contributed by atoms with Gasteiger partial charge in [0, 0.05) is 16.3 Å². The number of amides is 1. The Labute approximate surface area is 155 Å². The molecule has 0 aliphatic rings. The molecular weight excluding hydrogens is 356 g/mol. The number of para-hydroxylation sites is 1. The number of hydrogen-bond donors (Lipinski definition) is 1. The van der Waals surface area contributed by atoms with Gasteiger partial charge in [0.05, 0.1) is 18.4 Å². The number of hydrogen-bond acceptors (Lipinski definition) is 4. The van der Waals surface area contributed by atoms with Crippen molar-refractivity contribution < 1.29 is 9.53 Å². The van der Waals surface area contributed by atoms with Crippen LogP contribution in [0.25, 0.3) is 0 Å². The first kappa shape index (κ1) is 17.5. The first-order valence-corrected chi connectivity index (χ1v) is 8.91. The van der Waals surface area contributed by atoms with Crippen LogP contribution in [-0.4, -0.2) is 18.0 Å². The Bertz CT molecular complexity index is 891. The lowest BCUT2D eigenvalue weighted by molar-refractivity contribution is 0.102. The number of thiazole rings is 1. The number of carbonyl (C=O) groups excluding carboxylic acids is 1. The summed E-state index contributed by atoms with van der Waals surface area (Å²) in [4.78, 5) is 18.0. The van der Waals surface area contributed by atoms with Gasteiger partial charge in [-0.3, -0.25) is 10.1 Å². The lowest BCUT2D eigenvalue weighted by atomic mass is 10.1. The van der Waals surface area contributed by atoms with Crippen molar-refractivity contribution in [1.82, 2.24) is 4.98 Å². The van der Waals surface area contributed by atoms with Crippen molar-refractivity contribution in [1.29, 1.82) is 0 Å². The van der Waals surface area contributed by atoms with Crippen LogP contribution in [0.5, 0.6) is 5.75 Å². The molecule has 0 unspecified atom stereocenters. The summed E-state index contributed by atoms with van der Waals surface area (Å²) in [7, 11) is 1.55. The molecule has 0 atom stereocenters. The average Bonchev–Trinajstić information content (AvgIpc) is 2.96. The molecule has 0 aliphatic heterocycles. The summed E-state index contributed by atoms with van der Waals surface area (Å²) in [6.45, 7) is 1.94. The van der Waals surface area contributed by atoms with E-state index in [1.54, 1.807) is 25.3 Å². The van der Waals surface area contributed by atoms with Crippen LogP contribution in [0.2, 0.25) is 5.02 Å². The van der Waals surface area contributed by atoms with E-state index < -0.39 is 0 Å². The summed E-state index contributed by atoms with van der Waals surface area (Å²) in [5, 5.41) is 4.15. The highest BCUT2D eigenvalue weighted by molar-refractivity contribution is 7.15. The van der Waals surface area contributed by atoms with Gasteiger partial charge in [0.25, 0.3) is 5.91 Å². The fourth-order valence-corrected chi connectivity index (χ4v) is 3.55. The molecule has 0 spiro atoms. The minimum atomic E-state index is -0.232. The SMILES string of the molecule is COc1ccccc1C(=O)Nc1nc(C)c(Cc2ccc(Cl)cc2)s1. The largest absolute Gasteiger partial charge is 0.496 e. The topological polar surface area (TPSA) is 51.2 Å². The van der Waals surface area contributed by atoms with Crippen LogP contribution in [0, 0.1) is 6.92 Å². The van der Waals surface area contributed by atoms with Crippen molar-refractivity contribution >= 4 is 34.0 Å². The van der Waals surface area contributed by atoms with Crippen LogP contribution in [0.15, 0.2) is 48.5 Å². The van der Waals surface area contributed by atoms with E-state index in [4.69, 9.17) is 16.3 Å². The Kier molecular flexibility index (Phi) is 5.36. The van der Waals surface area contributed by atoms with Crippen molar-refractivity contribution in [2.45, 2.75) is 13.3 Å². The van der Waals surface area contributed by atoms with Crippen molar-refractivity contribution in [3.05, 3.63) is 75.3 Å². The van der Waals surface area contributed by atoms with Gasteiger partial charge in [0.15, 0.2) is 5.13 Å². The summed E-state index contributed by atoms with van der Waals surface area (Å²) in [5.74, 6) is 0.305. The summed E-state index contributed by atoms with van der Waals surface area (Å²) in [5.41, 5.74) is 2.55. The van der Waals surface area contributed by atoms with Gasteiger partial charge in [-0.15, -0.1) is 11.3 Å². The van der Waals surface area contributed by atoms with Crippen LogP contribution < -0.4 is 10.1 Å². The van der Waals surface area contributed by atoms with Crippen LogP contribution in [0.3, 0.4) is 0 Å². The monoisotopic (exact) mass is 372 g/mol. The molecule has 1 heterocycles. The van der Waals surface area contributed by atoms with Gasteiger partial charge >= 0.3 is 0 Å². The number of nitrogens with one attached hydrogen (secondary N) is 1. The first-order chi connectivity index (χ1) is 12.1. The van der Waals surface area contributed by atoms with Crippen molar-refractivity contribution in [2.24, 2.45) is 0 Å². The molecule has 0 aliphatic carbocycles. The molecule has 1 N–H and O–H groups in total. The minimum absolute atomic E-state index is 0.232. The molecular formula is C19H17ClN2O2S. The standard InChI is InChI=1S/C19H17ClN2O2S/c1-12-17(11-13-7-9-14(20)10-8-13)25-19(21-12)22-18(23)15-5-3-4-6-16(15)24-2/h3-10H,11H2,1-2H3,(H,21,22,23). The average molecular weight is 373 g/mol. The van der Waals surface area contributed by atoms with Crippen LogP contribution in [0.4, 0.5) is 5.13 Å². The molecule has 0 saturated heterocycles. The maximum absolute atomic E-state index is 12.5. The summed E-state index contributed by atoms with van der Waals surface area (Å²) in [6, 6.07) is 14.8. The molecule has 25 heavy (non-hydrogen) atoms. The minimum Gasteiger partial charge on any atom is -0.496 e. The number of benzene rings is 2. The summed E-state index contributed by atoms with van der Waals surface area (Å²) >= 11 is 7.40. The van der Waals surface area contributed by atoms with E-state index in [0.29, 0.717) is 16.4 Å². The normalized spacial score (nSPS) is 10.5. The molecule has 1 aromatic heterocycles. The van der Waals surface area contributed by atoms with Gasteiger partial charge in [-0.25, -0.2) is 4.98 Å². The molecule has 4 nitrogen and oxygen atoms in total. The lowest BCUT2D eigenvalue weighted by Crippen LogP contribution is -2.12. The van der Waals surface area contributed by atoms with Crippen molar-refractivity contribution in [2.75, 3.05) is 12.4 Å². The Morgan fingerprint density at radius 1 is 1.20 bits per heavy atom. The predicted octanol–water partition coefficient (Wildman–Crippen LogP) is 4.96. The number of carbonyl (C=O) groups is 1. The zero-order valence-corrected chi connectivity index (χ0v) is 15.4. The molecule has 0 radical (unpaired) electrons. The van der Waals surface area contributed by atoms with E-state index in [9.17, 15) is 4.79 Å². The van der Waals surface area contributed by atoms with Gasteiger partial charge in [0.1, 0.15) is 5.75 Å². The highest BCUT2D eigenvalue weighted by atomic mass is 35.5. The Morgan fingerprint density at radius 3 is 2.64 bits per heavy atom. The first-order valence-electron chi connectivity index (χ1n) is 7.72. The van der Waals surface area contributed by atoms with E-state index >= 15 is 0 Å². The van der Waals surface area contributed by atoms with E-state index in [-0.39, 0.29) is 5.91 Å². The van der Waals surface area contributed by atoms with Gasteiger partial charge in [-0.2, -0.15) is 0 Å². The third-order valence-corrected chi connectivity index (χ3v) is 5.07. The number of nitrogens with zero attached hydrogens (tertiary/aromatic N) is 1. The van der Waals surface area contributed by atoms with Crippen molar-refractivity contribution in [3.8, 4) is 5.75 Å². The zero-order valence-electron chi connectivity index (χ0n) is 13.9. The van der Waals surface area contributed by atoms with Gasteiger partial charge in [-0.1, -0.05) is 35.9 Å². The second-order valence-electron chi connectivity index (χ2n) is 5.49. The Balaban J connectivity index is 1.76. The van der Waals surface area contributed by atoms with Crippen LogP contribution >= 0.6 is 22.9 Å². The fourth-order valence-electron chi connectivity index (χ4n) is 2.43. The quantitative estimate of drug-likeness (QED) is 0.688. The van der Waals surface area contributed by atoms with E-state index in [0.717, 1.165) is 27.6 Å². The van der Waals surface area contributed by atoms with Crippen molar-refractivity contribution in [3.63, 3.8) is 0 Å². The fraction of sp³-hybridized carbons (Fsp3) is 0.158. The summed E-state index contributed by atoms with van der Waals surface area (Å²) < 4.78 is 5.23. The molecule has 6 heteroatoms. The van der Waals surface area contributed by atoms with Gasteiger partial charge in [0.2, 0.25) is 0 Å². The van der Waals surface area contributed by atoms with E-state index in [1.165, 1.54) is 11.3 Å². The van der Waals surface area contributed by atoms with Gasteiger partial charge in [-0.05, 0) is 36.8 Å². The molecule has 2 aromatic carbocycles. The molecule has 0 fully saturated rings. The maximum Gasteiger partial charge on any atom is 0.261 e. The van der Waals surface area contributed by atoms with Gasteiger partial charge < -0.3 is 4.74 Å². The molecule has 128 valence electrons. The molecule has 1 amide bonds. The number of ether oxygens (including phenoxy) is 1. The number of anilines is 1. The molecule has 0 saturated carbocycles. The summed E-state index contributed by atoms with van der Waals surface area (Å²) in [6.07, 6.45) is 0.755. The van der Waals surface area contributed by atoms with E-state index in [1.807, 2.05) is 37.3 Å². The van der Waals surface area contributed by atoms with E-state index in [2.05, 4.69) is 10.3 Å². The van der Waals surface area contributed by atoms with Crippen LogP contribution in [0.1, 0.15) is 26.5 Å². The number of aryl methyl sites for hydroxylation is 1. The second kappa shape index (κ2) is 7.68. The molecule has 0 bridgehead atoms. The highest BCUT2D eigenvalue weighted by Crippen LogP contribution is 2.27.